The molecule has 1 saturated carbocycles. The number of likely N-dealkylation sites (tertiary alicyclic amines) is 1. The van der Waals surface area contributed by atoms with Gasteiger partial charge in [-0.15, -0.1) is 0 Å². The van der Waals surface area contributed by atoms with Crippen LogP contribution in [0.5, 0.6) is 0 Å². The maximum Gasteiger partial charge on any atom is 0.0104 e. The van der Waals surface area contributed by atoms with Gasteiger partial charge in [0.05, 0.1) is 0 Å². The van der Waals surface area contributed by atoms with Crippen LogP contribution in [0, 0.1) is 11.3 Å². The number of hydrogen-bond acceptors (Lipinski definition) is 2. The lowest BCUT2D eigenvalue weighted by molar-refractivity contribution is 0.170. The van der Waals surface area contributed by atoms with E-state index in [2.05, 4.69) is 31.1 Å². The van der Waals surface area contributed by atoms with Crippen molar-refractivity contribution in [3.63, 3.8) is 0 Å². The van der Waals surface area contributed by atoms with Gasteiger partial charge in [0.2, 0.25) is 0 Å². The molecular weight excluding hydrogens is 244 g/mol. The Labute approximate surface area is 126 Å². The molecule has 1 heterocycles. The maximum atomic E-state index is 3.81. The Kier molecular flexibility index (Phi) is 6.35. The number of piperidine rings is 1. The largest absolute Gasteiger partial charge is 0.316 e. The fourth-order valence-electron chi connectivity index (χ4n) is 4.58. The summed E-state index contributed by atoms with van der Waals surface area (Å²) in [6, 6.07) is 0.834. The predicted octanol–water partition coefficient (Wildman–Crippen LogP) is 4.06. The zero-order valence-electron chi connectivity index (χ0n) is 14.1. The first-order valence-electron chi connectivity index (χ1n) is 9.02. The van der Waals surface area contributed by atoms with Gasteiger partial charge in [-0.1, -0.05) is 33.1 Å². The third kappa shape index (κ3) is 4.73. The molecule has 0 aromatic rings. The van der Waals surface area contributed by atoms with Crippen LogP contribution < -0.4 is 5.32 Å². The van der Waals surface area contributed by atoms with Gasteiger partial charge in [0, 0.05) is 12.6 Å². The van der Waals surface area contributed by atoms with E-state index >= 15 is 0 Å². The molecule has 2 fully saturated rings. The van der Waals surface area contributed by atoms with Crippen LogP contribution in [-0.2, 0) is 0 Å². The van der Waals surface area contributed by atoms with E-state index in [4.69, 9.17) is 0 Å². The molecule has 0 amide bonds. The van der Waals surface area contributed by atoms with Crippen molar-refractivity contribution in [1.29, 1.82) is 0 Å². The first-order chi connectivity index (χ1) is 9.61. The minimum Gasteiger partial charge on any atom is -0.316 e. The third-order valence-corrected chi connectivity index (χ3v) is 5.58. The van der Waals surface area contributed by atoms with E-state index in [0.717, 1.165) is 12.0 Å². The van der Waals surface area contributed by atoms with Gasteiger partial charge in [0.1, 0.15) is 0 Å². The minimum atomic E-state index is 0.632. The molecule has 20 heavy (non-hydrogen) atoms. The van der Waals surface area contributed by atoms with Crippen molar-refractivity contribution in [3.05, 3.63) is 0 Å². The molecular formula is C18H36N2. The topological polar surface area (TPSA) is 15.3 Å². The summed E-state index contributed by atoms with van der Waals surface area (Å²) in [4.78, 5) is 2.57. The van der Waals surface area contributed by atoms with Gasteiger partial charge in [-0.25, -0.2) is 0 Å². The van der Waals surface area contributed by atoms with Crippen LogP contribution in [0.2, 0.25) is 0 Å². The highest BCUT2D eigenvalue weighted by molar-refractivity contribution is 4.87. The Morgan fingerprint density at radius 1 is 1.15 bits per heavy atom. The van der Waals surface area contributed by atoms with Crippen molar-refractivity contribution in [2.45, 2.75) is 77.7 Å². The van der Waals surface area contributed by atoms with Crippen LogP contribution in [0.15, 0.2) is 0 Å². The molecule has 2 rings (SSSR count). The fourth-order valence-corrected chi connectivity index (χ4v) is 4.58. The molecule has 1 aliphatic carbocycles. The summed E-state index contributed by atoms with van der Waals surface area (Å²) in [6.07, 6.45) is 12.8. The number of rotatable bonds is 7. The Morgan fingerprint density at radius 2 is 1.90 bits per heavy atom. The monoisotopic (exact) mass is 280 g/mol. The summed E-state index contributed by atoms with van der Waals surface area (Å²) in [5.41, 5.74) is 0.632. The molecule has 0 bridgehead atoms. The van der Waals surface area contributed by atoms with Crippen LogP contribution >= 0.6 is 0 Å². The highest BCUT2D eigenvalue weighted by Crippen LogP contribution is 2.42. The molecule has 1 saturated heterocycles. The number of nitrogens with zero attached hydrogens (tertiary/aromatic N) is 1. The second kappa shape index (κ2) is 7.79. The molecule has 0 aromatic carbocycles. The summed E-state index contributed by atoms with van der Waals surface area (Å²) >= 11 is 0. The molecule has 2 heteroatoms. The van der Waals surface area contributed by atoms with Crippen molar-refractivity contribution in [3.8, 4) is 0 Å². The van der Waals surface area contributed by atoms with Gasteiger partial charge in [-0.3, -0.25) is 0 Å². The minimum absolute atomic E-state index is 0.632. The molecule has 0 spiro atoms. The van der Waals surface area contributed by atoms with Crippen molar-refractivity contribution in [2.24, 2.45) is 11.3 Å². The normalized spacial score (nSPS) is 27.3. The van der Waals surface area contributed by atoms with Gasteiger partial charge in [0.25, 0.3) is 0 Å². The molecule has 1 unspecified atom stereocenters. The lowest BCUT2D eigenvalue weighted by atomic mass is 9.78. The zero-order valence-corrected chi connectivity index (χ0v) is 14.1. The van der Waals surface area contributed by atoms with Gasteiger partial charge in [-0.2, -0.15) is 0 Å². The van der Waals surface area contributed by atoms with Gasteiger partial charge in [-0.05, 0) is 70.0 Å². The number of nitrogens with one attached hydrogen (secondary N) is 1. The second-order valence-corrected chi connectivity index (χ2v) is 7.90. The Balaban J connectivity index is 1.68. The first kappa shape index (κ1) is 16.3. The van der Waals surface area contributed by atoms with Crippen LogP contribution in [-0.4, -0.2) is 37.6 Å². The van der Waals surface area contributed by atoms with E-state index in [1.165, 1.54) is 77.4 Å². The van der Waals surface area contributed by atoms with Gasteiger partial charge in [0.15, 0.2) is 0 Å². The van der Waals surface area contributed by atoms with Crippen molar-refractivity contribution >= 4 is 0 Å². The molecule has 1 atom stereocenters. The maximum absolute atomic E-state index is 3.81. The van der Waals surface area contributed by atoms with Gasteiger partial charge >= 0.3 is 0 Å². The molecule has 0 aromatic heterocycles. The van der Waals surface area contributed by atoms with E-state index in [-0.39, 0.29) is 0 Å². The molecule has 2 nitrogen and oxygen atoms in total. The van der Waals surface area contributed by atoms with E-state index < -0.39 is 0 Å². The van der Waals surface area contributed by atoms with Crippen molar-refractivity contribution < 1.29 is 0 Å². The van der Waals surface area contributed by atoms with Crippen LogP contribution in [0.25, 0.3) is 0 Å². The summed E-state index contributed by atoms with van der Waals surface area (Å²) < 4.78 is 0. The van der Waals surface area contributed by atoms with Crippen molar-refractivity contribution in [2.75, 3.05) is 26.7 Å². The second-order valence-electron chi connectivity index (χ2n) is 7.90. The van der Waals surface area contributed by atoms with Crippen LogP contribution in [0.4, 0.5) is 0 Å². The Hall–Kier alpha value is -0.0800. The third-order valence-electron chi connectivity index (χ3n) is 5.58. The Bertz CT molecular complexity index is 269. The quantitative estimate of drug-likeness (QED) is 0.708. The summed E-state index contributed by atoms with van der Waals surface area (Å²) in [5.74, 6) is 0.847. The summed E-state index contributed by atoms with van der Waals surface area (Å²) in [7, 11) is 2.31. The molecule has 118 valence electrons. The smallest absolute Gasteiger partial charge is 0.0104 e. The predicted molar refractivity (Wildman–Crippen MR) is 88.1 cm³/mol. The average molecular weight is 280 g/mol. The lowest BCUT2D eigenvalue weighted by Crippen LogP contribution is -2.40. The zero-order chi connectivity index (χ0) is 14.4. The van der Waals surface area contributed by atoms with Crippen LogP contribution in [0.1, 0.15) is 71.6 Å². The molecule has 1 N–H and O–H groups in total. The summed E-state index contributed by atoms with van der Waals surface area (Å²) in [6.45, 7) is 8.56. The Morgan fingerprint density at radius 3 is 2.55 bits per heavy atom. The molecule has 0 radical (unpaired) electrons. The standard InChI is InChI=1S/C18H36N2/c1-16(2)14-18(10-5-6-11-18)15-19-12-9-17-8-4-7-13-20(17)3/h16-17,19H,4-15H2,1-3H3. The van der Waals surface area contributed by atoms with Gasteiger partial charge < -0.3 is 10.2 Å². The highest BCUT2D eigenvalue weighted by Gasteiger charge is 2.33. The van der Waals surface area contributed by atoms with E-state index in [0.29, 0.717) is 5.41 Å². The van der Waals surface area contributed by atoms with Crippen molar-refractivity contribution in [1.82, 2.24) is 10.2 Å². The van der Waals surface area contributed by atoms with E-state index in [1.807, 2.05) is 0 Å². The summed E-state index contributed by atoms with van der Waals surface area (Å²) in [5, 5.41) is 3.81. The lowest BCUT2D eigenvalue weighted by Gasteiger charge is -2.34. The van der Waals surface area contributed by atoms with Crippen LogP contribution in [0.3, 0.4) is 0 Å². The van der Waals surface area contributed by atoms with E-state index in [1.54, 1.807) is 0 Å². The molecule has 2 aliphatic rings. The first-order valence-corrected chi connectivity index (χ1v) is 9.02. The fraction of sp³-hybridized carbons (Fsp3) is 1.00. The molecule has 1 aliphatic heterocycles. The van der Waals surface area contributed by atoms with E-state index in [9.17, 15) is 0 Å². The number of hydrogen-bond donors (Lipinski definition) is 1. The average Bonchev–Trinajstić information content (AvgIpc) is 2.84. The SMILES string of the molecule is CC(C)CC1(CNCCC2CCCCN2C)CCCC1. The highest BCUT2D eigenvalue weighted by atomic mass is 15.1.